The second-order valence-electron chi connectivity index (χ2n) is 8.83. The predicted octanol–water partition coefficient (Wildman–Crippen LogP) is 4.97. The number of anilines is 2. The van der Waals surface area contributed by atoms with Crippen molar-refractivity contribution in [2.45, 2.75) is 39.8 Å². The lowest BCUT2D eigenvalue weighted by atomic mass is 9.90. The summed E-state index contributed by atoms with van der Waals surface area (Å²) in [7, 11) is 0. The van der Waals surface area contributed by atoms with Gasteiger partial charge in [0.25, 0.3) is 5.91 Å². The maximum Gasteiger partial charge on any atom is 0.266 e. The number of imide groups is 1. The Morgan fingerprint density at radius 1 is 0.750 bits per heavy atom. The van der Waals surface area contributed by atoms with Gasteiger partial charge in [0, 0.05) is 0 Å². The molecule has 0 saturated carbocycles. The first-order chi connectivity index (χ1) is 15.4. The number of carbonyl (C=O) groups is 2. The summed E-state index contributed by atoms with van der Waals surface area (Å²) in [6.45, 7) is 7.93. The van der Waals surface area contributed by atoms with Crippen molar-refractivity contribution < 1.29 is 14.4 Å². The largest absolute Gasteiger partial charge is 0.273 e. The molecule has 0 spiro atoms. The van der Waals surface area contributed by atoms with E-state index in [2.05, 4.69) is 0 Å². The average molecular weight is 427 g/mol. The van der Waals surface area contributed by atoms with Crippen molar-refractivity contribution >= 4 is 23.2 Å². The van der Waals surface area contributed by atoms with E-state index in [0.717, 1.165) is 33.5 Å². The Labute approximate surface area is 188 Å². The molecule has 3 aromatic rings. The van der Waals surface area contributed by atoms with Crippen molar-refractivity contribution in [2.24, 2.45) is 5.92 Å². The van der Waals surface area contributed by atoms with Crippen LogP contribution in [-0.4, -0.2) is 17.9 Å². The molecule has 0 bridgehead atoms. The second-order valence-corrected chi connectivity index (χ2v) is 8.83. The van der Waals surface area contributed by atoms with E-state index in [4.69, 9.17) is 4.84 Å². The first-order valence-electron chi connectivity index (χ1n) is 10.9. The normalized spacial score (nSPS) is 22.6. The van der Waals surface area contributed by atoms with E-state index in [1.807, 2.05) is 94.4 Å². The van der Waals surface area contributed by atoms with Crippen LogP contribution in [0.1, 0.15) is 33.9 Å². The summed E-state index contributed by atoms with van der Waals surface area (Å²) in [5, 5.41) is 1.74. The molecule has 2 heterocycles. The molecule has 162 valence electrons. The maximum atomic E-state index is 13.8. The lowest BCUT2D eigenvalue weighted by Crippen LogP contribution is -2.38. The van der Waals surface area contributed by atoms with Crippen LogP contribution >= 0.6 is 0 Å². The molecule has 0 aromatic heterocycles. The average Bonchev–Trinajstić information content (AvgIpc) is 3.26. The molecule has 5 rings (SSSR count). The van der Waals surface area contributed by atoms with Gasteiger partial charge in [-0.3, -0.25) is 14.4 Å². The molecule has 3 atom stereocenters. The summed E-state index contributed by atoms with van der Waals surface area (Å²) in [5.74, 6) is -1.13. The van der Waals surface area contributed by atoms with E-state index in [-0.39, 0.29) is 11.8 Å². The molecule has 2 saturated heterocycles. The summed E-state index contributed by atoms with van der Waals surface area (Å²) in [6, 6.07) is 21.4. The van der Waals surface area contributed by atoms with Crippen molar-refractivity contribution in [1.82, 2.24) is 0 Å². The fourth-order valence-electron chi connectivity index (χ4n) is 5.06. The summed E-state index contributed by atoms with van der Waals surface area (Å²) in [4.78, 5) is 34.9. The number of hydroxylamine groups is 1. The number of hydrogen-bond acceptors (Lipinski definition) is 4. The third-order valence-electron chi connectivity index (χ3n) is 6.40. The van der Waals surface area contributed by atoms with E-state index in [1.54, 1.807) is 5.06 Å². The molecule has 32 heavy (non-hydrogen) atoms. The third kappa shape index (κ3) is 3.12. The SMILES string of the molecule is Cc1ccc([C@H]2[C@@H]3C(=O)N(c4c(C)cc(C)cc4C)C(=O)[C@H]3ON2c2ccccc2)cc1. The van der Waals surface area contributed by atoms with Gasteiger partial charge in [0.05, 0.1) is 17.4 Å². The van der Waals surface area contributed by atoms with Gasteiger partial charge in [0.1, 0.15) is 5.92 Å². The van der Waals surface area contributed by atoms with Crippen molar-refractivity contribution in [3.8, 4) is 0 Å². The number of fused-ring (bicyclic) bond motifs is 1. The fourth-order valence-corrected chi connectivity index (χ4v) is 5.06. The number of para-hydroxylation sites is 1. The van der Waals surface area contributed by atoms with Crippen LogP contribution in [-0.2, 0) is 14.4 Å². The molecule has 0 radical (unpaired) electrons. The van der Waals surface area contributed by atoms with Crippen LogP contribution in [0.15, 0.2) is 66.7 Å². The maximum absolute atomic E-state index is 13.8. The Morgan fingerprint density at radius 3 is 2.00 bits per heavy atom. The van der Waals surface area contributed by atoms with Crippen molar-refractivity contribution in [2.75, 3.05) is 9.96 Å². The van der Waals surface area contributed by atoms with Crippen LogP contribution in [0.5, 0.6) is 0 Å². The Hall–Kier alpha value is -3.44. The number of benzene rings is 3. The third-order valence-corrected chi connectivity index (χ3v) is 6.40. The highest BCUT2D eigenvalue weighted by atomic mass is 16.7. The van der Waals surface area contributed by atoms with Crippen LogP contribution < -0.4 is 9.96 Å². The number of carbonyl (C=O) groups excluding carboxylic acids is 2. The first-order valence-corrected chi connectivity index (χ1v) is 10.9. The van der Waals surface area contributed by atoms with Crippen LogP contribution in [0.4, 0.5) is 11.4 Å². The second kappa shape index (κ2) is 7.61. The molecule has 2 amide bonds. The van der Waals surface area contributed by atoms with Gasteiger partial charge in [-0.2, -0.15) is 0 Å². The van der Waals surface area contributed by atoms with E-state index < -0.39 is 18.1 Å². The van der Waals surface area contributed by atoms with Gasteiger partial charge in [0.2, 0.25) is 5.91 Å². The topological polar surface area (TPSA) is 49.9 Å². The van der Waals surface area contributed by atoms with Crippen LogP contribution in [0, 0.1) is 33.6 Å². The van der Waals surface area contributed by atoms with Gasteiger partial charge in [-0.1, -0.05) is 65.7 Å². The summed E-state index contributed by atoms with van der Waals surface area (Å²) in [5.41, 5.74) is 6.52. The molecule has 0 aliphatic carbocycles. The van der Waals surface area contributed by atoms with Gasteiger partial charge in [0.15, 0.2) is 6.10 Å². The highest BCUT2D eigenvalue weighted by Crippen LogP contribution is 2.48. The van der Waals surface area contributed by atoms with Gasteiger partial charge in [-0.15, -0.1) is 0 Å². The molecule has 5 heteroatoms. The molecule has 2 fully saturated rings. The predicted molar refractivity (Wildman–Crippen MR) is 124 cm³/mol. The summed E-state index contributed by atoms with van der Waals surface area (Å²) < 4.78 is 0. The Kier molecular flexibility index (Phi) is 4.86. The molecule has 2 aliphatic rings. The number of nitrogens with zero attached hydrogens (tertiary/aromatic N) is 2. The quantitative estimate of drug-likeness (QED) is 0.555. The summed E-state index contributed by atoms with van der Waals surface area (Å²) >= 11 is 0. The molecular weight excluding hydrogens is 400 g/mol. The van der Waals surface area contributed by atoms with Crippen LogP contribution in [0.25, 0.3) is 0 Å². The molecule has 0 unspecified atom stereocenters. The van der Waals surface area contributed by atoms with Gasteiger partial charge in [-0.25, -0.2) is 9.96 Å². The molecule has 0 N–H and O–H groups in total. The molecule has 5 nitrogen and oxygen atoms in total. The Balaban J connectivity index is 1.61. The van der Waals surface area contributed by atoms with Gasteiger partial charge >= 0.3 is 0 Å². The number of aryl methyl sites for hydroxylation is 4. The molecule has 3 aromatic carbocycles. The fraction of sp³-hybridized carbons (Fsp3) is 0.259. The monoisotopic (exact) mass is 426 g/mol. The standard InChI is InChI=1S/C27H26N2O3/c1-16-10-12-20(13-11-16)24-22-25(32-29(24)21-8-6-5-7-9-21)27(31)28(26(22)30)23-18(3)14-17(2)15-19(23)4/h5-15,22,24-25H,1-4H3/t22-,24-,25-/m0/s1. The molecule has 2 aliphatic heterocycles. The van der Waals surface area contributed by atoms with Crippen molar-refractivity contribution in [1.29, 1.82) is 0 Å². The number of hydrogen-bond donors (Lipinski definition) is 0. The zero-order chi connectivity index (χ0) is 22.6. The first kappa shape index (κ1) is 20.5. The minimum atomic E-state index is -0.853. The van der Waals surface area contributed by atoms with Crippen molar-refractivity contribution in [3.05, 3.63) is 94.5 Å². The minimum absolute atomic E-state index is 0.209. The number of rotatable bonds is 3. The van der Waals surface area contributed by atoms with E-state index in [0.29, 0.717) is 5.69 Å². The number of amides is 2. The highest BCUT2D eigenvalue weighted by Gasteiger charge is 2.60. The smallest absolute Gasteiger partial charge is 0.266 e. The Morgan fingerprint density at radius 2 is 1.38 bits per heavy atom. The van der Waals surface area contributed by atoms with Crippen LogP contribution in [0.2, 0.25) is 0 Å². The zero-order valence-electron chi connectivity index (χ0n) is 18.7. The van der Waals surface area contributed by atoms with E-state index >= 15 is 0 Å². The summed E-state index contributed by atoms with van der Waals surface area (Å²) in [6.07, 6.45) is -0.853. The lowest BCUT2D eigenvalue weighted by Gasteiger charge is -2.29. The van der Waals surface area contributed by atoms with Crippen LogP contribution in [0.3, 0.4) is 0 Å². The van der Waals surface area contributed by atoms with E-state index in [9.17, 15) is 9.59 Å². The van der Waals surface area contributed by atoms with Crippen molar-refractivity contribution in [3.63, 3.8) is 0 Å². The van der Waals surface area contributed by atoms with E-state index in [1.165, 1.54) is 4.90 Å². The van der Waals surface area contributed by atoms with Gasteiger partial charge in [-0.05, 0) is 56.5 Å². The van der Waals surface area contributed by atoms with Gasteiger partial charge < -0.3 is 0 Å². The Bertz CT molecular complexity index is 1180. The zero-order valence-corrected chi connectivity index (χ0v) is 18.7. The minimum Gasteiger partial charge on any atom is -0.273 e. The highest BCUT2D eigenvalue weighted by molar-refractivity contribution is 6.24. The lowest BCUT2D eigenvalue weighted by molar-refractivity contribution is -0.126. The molecular formula is C27H26N2O3.